The van der Waals surface area contributed by atoms with Crippen molar-refractivity contribution in [3.8, 4) is 0 Å². The first-order chi connectivity index (χ1) is 12.6. The number of carbonyl (C=O) groups is 1. The molecule has 0 radical (unpaired) electrons. The van der Waals surface area contributed by atoms with Gasteiger partial charge in [-0.3, -0.25) is 4.98 Å². The second kappa shape index (κ2) is 6.87. The van der Waals surface area contributed by atoms with Crippen molar-refractivity contribution in [2.45, 2.75) is 44.9 Å². The zero-order chi connectivity index (χ0) is 19.8. The van der Waals surface area contributed by atoms with Crippen molar-refractivity contribution in [3.05, 3.63) is 65.0 Å². The number of halogens is 3. The van der Waals surface area contributed by atoms with Crippen LogP contribution in [0.4, 0.5) is 18.0 Å². The van der Waals surface area contributed by atoms with Crippen LogP contribution in [0.2, 0.25) is 0 Å². The van der Waals surface area contributed by atoms with E-state index in [1.807, 2.05) is 32.9 Å². The first kappa shape index (κ1) is 19.2. The molecule has 3 rings (SSSR count). The molecule has 0 bridgehead atoms. The molecule has 0 saturated carbocycles. The number of nitrogens with zero attached hydrogens (tertiary/aromatic N) is 2. The van der Waals surface area contributed by atoms with E-state index in [9.17, 15) is 18.0 Å². The number of hydrogen-bond donors (Lipinski definition) is 1. The van der Waals surface area contributed by atoms with E-state index in [2.05, 4.69) is 10.3 Å². The second-order valence-electron chi connectivity index (χ2n) is 7.69. The van der Waals surface area contributed by atoms with Crippen LogP contribution in [-0.4, -0.2) is 28.0 Å². The van der Waals surface area contributed by atoms with Gasteiger partial charge in [0.2, 0.25) is 0 Å². The van der Waals surface area contributed by atoms with E-state index >= 15 is 0 Å². The number of carbonyl (C=O) groups excluding carboxylic acids is 1. The highest BCUT2D eigenvalue weighted by molar-refractivity contribution is 5.76. The van der Waals surface area contributed by atoms with Crippen molar-refractivity contribution in [1.82, 2.24) is 15.2 Å². The van der Waals surface area contributed by atoms with Gasteiger partial charge in [-0.1, -0.05) is 18.2 Å². The zero-order valence-corrected chi connectivity index (χ0v) is 15.5. The topological polar surface area (TPSA) is 45.2 Å². The van der Waals surface area contributed by atoms with Gasteiger partial charge in [-0.05, 0) is 56.5 Å². The number of urea groups is 1. The summed E-state index contributed by atoms with van der Waals surface area (Å²) >= 11 is 0. The summed E-state index contributed by atoms with van der Waals surface area (Å²) in [6.07, 6.45) is -2.11. The molecule has 0 aliphatic carbocycles. The Kier molecular flexibility index (Phi) is 4.88. The Morgan fingerprint density at radius 3 is 2.41 bits per heavy atom. The maximum Gasteiger partial charge on any atom is 0.416 e. The first-order valence-electron chi connectivity index (χ1n) is 8.76. The van der Waals surface area contributed by atoms with Gasteiger partial charge in [0.15, 0.2) is 0 Å². The third-order valence-corrected chi connectivity index (χ3v) is 4.42. The summed E-state index contributed by atoms with van der Waals surface area (Å²) in [7, 11) is 0. The minimum absolute atomic E-state index is 0.260. The van der Waals surface area contributed by atoms with Gasteiger partial charge >= 0.3 is 12.2 Å². The lowest BCUT2D eigenvalue weighted by molar-refractivity contribution is -0.137. The molecule has 0 saturated heterocycles. The third kappa shape index (κ3) is 4.23. The first-order valence-corrected chi connectivity index (χ1v) is 8.76. The lowest BCUT2D eigenvalue weighted by atomic mass is 9.92. The standard InChI is InChI=1S/C20H22F3N3O/c1-19(2,3)25-18(27)26-12-10-13-5-4-11-24-16(13)17(26)14-6-8-15(9-7-14)20(21,22)23/h4-9,11,17H,10,12H2,1-3H3,(H,25,27)/t17-/m1/s1. The molecule has 1 atom stereocenters. The summed E-state index contributed by atoms with van der Waals surface area (Å²) in [5.74, 6) is 0. The van der Waals surface area contributed by atoms with Crippen LogP contribution in [0.1, 0.15) is 49.2 Å². The van der Waals surface area contributed by atoms with Crippen LogP contribution < -0.4 is 5.32 Å². The van der Waals surface area contributed by atoms with Crippen molar-refractivity contribution < 1.29 is 18.0 Å². The average Bonchev–Trinajstić information content (AvgIpc) is 2.58. The molecule has 2 heterocycles. The molecule has 1 N–H and O–H groups in total. The fourth-order valence-corrected chi connectivity index (χ4v) is 3.23. The highest BCUT2D eigenvalue weighted by atomic mass is 19.4. The molecule has 27 heavy (non-hydrogen) atoms. The van der Waals surface area contributed by atoms with Crippen molar-refractivity contribution in [2.24, 2.45) is 0 Å². The normalized spacial score (nSPS) is 17.4. The Hall–Kier alpha value is -2.57. The van der Waals surface area contributed by atoms with Crippen LogP contribution >= 0.6 is 0 Å². The quantitative estimate of drug-likeness (QED) is 0.792. The minimum Gasteiger partial charge on any atom is -0.333 e. The smallest absolute Gasteiger partial charge is 0.333 e. The molecule has 1 aliphatic heterocycles. The monoisotopic (exact) mass is 377 g/mol. The van der Waals surface area contributed by atoms with Crippen LogP contribution in [0.3, 0.4) is 0 Å². The molecular formula is C20H22F3N3O. The molecule has 144 valence electrons. The van der Waals surface area contributed by atoms with Gasteiger partial charge in [-0.2, -0.15) is 13.2 Å². The summed E-state index contributed by atoms with van der Waals surface area (Å²) in [4.78, 5) is 18.9. The average molecular weight is 377 g/mol. The molecule has 0 fully saturated rings. The summed E-state index contributed by atoms with van der Waals surface area (Å²) in [6, 6.07) is 7.93. The highest BCUT2D eigenvalue weighted by Crippen LogP contribution is 2.36. The van der Waals surface area contributed by atoms with Gasteiger partial charge in [0.1, 0.15) is 6.04 Å². The van der Waals surface area contributed by atoms with E-state index < -0.39 is 23.3 Å². The predicted octanol–water partition coefficient (Wildman–Crippen LogP) is 4.56. The Bertz CT molecular complexity index is 826. The molecule has 0 unspecified atom stereocenters. The highest BCUT2D eigenvalue weighted by Gasteiger charge is 2.35. The lowest BCUT2D eigenvalue weighted by Crippen LogP contribution is -2.51. The van der Waals surface area contributed by atoms with Crippen molar-refractivity contribution in [1.29, 1.82) is 0 Å². The fourth-order valence-electron chi connectivity index (χ4n) is 3.23. The van der Waals surface area contributed by atoms with E-state index in [0.29, 0.717) is 24.2 Å². The van der Waals surface area contributed by atoms with Crippen molar-refractivity contribution >= 4 is 6.03 Å². The van der Waals surface area contributed by atoms with Crippen LogP contribution in [0.15, 0.2) is 42.6 Å². The van der Waals surface area contributed by atoms with Gasteiger partial charge < -0.3 is 10.2 Å². The van der Waals surface area contributed by atoms with Crippen LogP contribution in [0, 0.1) is 0 Å². The van der Waals surface area contributed by atoms with Gasteiger partial charge in [0.25, 0.3) is 0 Å². The number of alkyl halides is 3. The van der Waals surface area contributed by atoms with Crippen LogP contribution in [-0.2, 0) is 12.6 Å². The largest absolute Gasteiger partial charge is 0.416 e. The minimum atomic E-state index is -4.40. The number of pyridine rings is 1. The Morgan fingerprint density at radius 1 is 1.15 bits per heavy atom. The predicted molar refractivity (Wildman–Crippen MR) is 96.2 cm³/mol. The Labute approximate surface area is 156 Å². The van der Waals surface area contributed by atoms with Crippen LogP contribution in [0.25, 0.3) is 0 Å². The molecule has 1 aromatic heterocycles. The maximum atomic E-state index is 12.9. The number of aromatic nitrogens is 1. The van der Waals surface area contributed by atoms with E-state index in [-0.39, 0.29) is 6.03 Å². The van der Waals surface area contributed by atoms with Crippen LogP contribution in [0.5, 0.6) is 0 Å². The summed E-state index contributed by atoms with van der Waals surface area (Å²) < 4.78 is 38.7. The zero-order valence-electron chi connectivity index (χ0n) is 15.5. The SMILES string of the molecule is CC(C)(C)NC(=O)N1CCc2cccnc2[C@H]1c1ccc(C(F)(F)F)cc1. The van der Waals surface area contributed by atoms with E-state index in [0.717, 1.165) is 17.7 Å². The van der Waals surface area contributed by atoms with Gasteiger partial charge in [0, 0.05) is 18.3 Å². The van der Waals surface area contributed by atoms with Gasteiger partial charge in [-0.15, -0.1) is 0 Å². The molecule has 1 aliphatic rings. The molecule has 1 aromatic carbocycles. The molecule has 0 spiro atoms. The van der Waals surface area contributed by atoms with E-state index in [4.69, 9.17) is 0 Å². The lowest BCUT2D eigenvalue weighted by Gasteiger charge is -2.38. The molecule has 2 amide bonds. The number of fused-ring (bicyclic) bond motifs is 1. The number of hydrogen-bond acceptors (Lipinski definition) is 2. The number of amides is 2. The number of rotatable bonds is 1. The number of benzene rings is 1. The van der Waals surface area contributed by atoms with Crippen molar-refractivity contribution in [2.75, 3.05) is 6.54 Å². The Morgan fingerprint density at radius 2 is 1.81 bits per heavy atom. The summed E-state index contributed by atoms with van der Waals surface area (Å²) in [5, 5.41) is 2.93. The second-order valence-corrected chi connectivity index (χ2v) is 7.69. The molecule has 2 aromatic rings. The molecule has 7 heteroatoms. The summed E-state index contributed by atoms with van der Waals surface area (Å²) in [6.45, 7) is 6.11. The van der Waals surface area contributed by atoms with Gasteiger partial charge in [0.05, 0.1) is 11.3 Å². The Balaban J connectivity index is 2.02. The molecular weight excluding hydrogens is 355 g/mol. The van der Waals surface area contributed by atoms with E-state index in [1.54, 1.807) is 11.1 Å². The summed E-state index contributed by atoms with van der Waals surface area (Å²) in [5.41, 5.74) is 1.17. The van der Waals surface area contributed by atoms with E-state index in [1.165, 1.54) is 12.1 Å². The number of nitrogens with one attached hydrogen (secondary N) is 1. The van der Waals surface area contributed by atoms with Crippen molar-refractivity contribution in [3.63, 3.8) is 0 Å². The third-order valence-electron chi connectivity index (χ3n) is 4.42. The van der Waals surface area contributed by atoms with Gasteiger partial charge in [-0.25, -0.2) is 4.79 Å². The maximum absolute atomic E-state index is 12.9. The molecule has 4 nitrogen and oxygen atoms in total. The fraction of sp³-hybridized carbons (Fsp3) is 0.400.